The molecule has 1 fully saturated rings. The van der Waals surface area contributed by atoms with Gasteiger partial charge in [-0.2, -0.15) is 11.8 Å². The van der Waals surface area contributed by atoms with Gasteiger partial charge < -0.3 is 4.74 Å². The molecule has 0 heterocycles. The van der Waals surface area contributed by atoms with E-state index in [0.29, 0.717) is 17.6 Å². The van der Waals surface area contributed by atoms with E-state index in [1.165, 1.54) is 32.1 Å². The number of thioether (sulfide) groups is 1. The molecule has 0 bridgehead atoms. The van der Waals surface area contributed by atoms with Crippen LogP contribution in [-0.4, -0.2) is 23.4 Å². The largest absolute Gasteiger partial charge is 0.494 e. The molecule has 0 radical (unpaired) electrons. The Bertz CT molecular complexity index is 490. The Morgan fingerprint density at radius 3 is 2.57 bits per heavy atom. The van der Waals surface area contributed by atoms with Crippen molar-refractivity contribution in [3.05, 3.63) is 28.8 Å². The fraction of sp³-hybridized carbons (Fsp3) is 0.611. The maximum atomic E-state index is 12.5. The van der Waals surface area contributed by atoms with Crippen LogP contribution in [0.1, 0.15) is 60.5 Å². The van der Waals surface area contributed by atoms with Crippen molar-refractivity contribution >= 4 is 17.5 Å². The smallest absolute Gasteiger partial charge is 0.173 e. The van der Waals surface area contributed by atoms with E-state index in [1.807, 2.05) is 44.7 Å². The molecular weight excluding hydrogens is 280 g/mol. The van der Waals surface area contributed by atoms with Gasteiger partial charge in [0.1, 0.15) is 5.75 Å². The van der Waals surface area contributed by atoms with Crippen molar-refractivity contribution in [2.45, 2.75) is 58.1 Å². The lowest BCUT2D eigenvalue weighted by Crippen LogP contribution is -2.13. The second-order valence-corrected chi connectivity index (χ2v) is 7.15. The Kier molecular flexibility index (Phi) is 6.16. The average molecular weight is 306 g/mol. The summed E-state index contributed by atoms with van der Waals surface area (Å²) in [5, 5.41) is 0.687. The van der Waals surface area contributed by atoms with Crippen molar-refractivity contribution in [1.29, 1.82) is 0 Å². The van der Waals surface area contributed by atoms with Crippen LogP contribution < -0.4 is 4.74 Å². The number of benzene rings is 1. The van der Waals surface area contributed by atoms with Gasteiger partial charge in [-0.25, -0.2) is 0 Å². The molecule has 0 saturated heterocycles. The molecule has 0 spiro atoms. The molecule has 2 rings (SSSR count). The number of hydrogen-bond acceptors (Lipinski definition) is 3. The summed E-state index contributed by atoms with van der Waals surface area (Å²) in [7, 11) is 0. The minimum absolute atomic E-state index is 0.259. The van der Waals surface area contributed by atoms with Gasteiger partial charge in [0.15, 0.2) is 5.78 Å². The van der Waals surface area contributed by atoms with Gasteiger partial charge in [0, 0.05) is 10.8 Å². The molecular formula is C18H26O2S. The molecule has 0 N–H and O–H groups in total. The lowest BCUT2D eigenvalue weighted by Gasteiger charge is -2.20. The predicted molar refractivity (Wildman–Crippen MR) is 90.7 cm³/mol. The summed E-state index contributed by atoms with van der Waals surface area (Å²) < 4.78 is 5.59. The van der Waals surface area contributed by atoms with Crippen molar-refractivity contribution in [1.82, 2.24) is 0 Å². The number of carbonyl (C=O) groups is 1. The number of ketones is 1. The average Bonchev–Trinajstić information content (AvgIpc) is 2.49. The van der Waals surface area contributed by atoms with Gasteiger partial charge in [-0.3, -0.25) is 4.79 Å². The van der Waals surface area contributed by atoms with E-state index in [1.54, 1.807) is 0 Å². The number of Topliss-reactive ketones (excluding diaryl/α,β-unsaturated/α-hetero) is 1. The molecule has 1 saturated carbocycles. The van der Waals surface area contributed by atoms with Gasteiger partial charge in [-0.05, 0) is 56.9 Å². The topological polar surface area (TPSA) is 26.3 Å². The molecule has 0 aromatic heterocycles. The fourth-order valence-electron chi connectivity index (χ4n) is 2.90. The second kappa shape index (κ2) is 7.88. The molecule has 2 nitrogen and oxygen atoms in total. The zero-order chi connectivity index (χ0) is 15.2. The van der Waals surface area contributed by atoms with E-state index < -0.39 is 0 Å². The standard InChI is InChI=1S/C18H26O2S/c1-4-20-18-11-13(2)16(10-14(18)3)17(19)12-21-15-8-6-5-7-9-15/h10-11,15H,4-9,12H2,1-3H3. The van der Waals surface area contributed by atoms with Crippen LogP contribution in [0.25, 0.3) is 0 Å². The summed E-state index contributed by atoms with van der Waals surface area (Å²) >= 11 is 1.85. The third kappa shape index (κ3) is 4.50. The zero-order valence-electron chi connectivity index (χ0n) is 13.4. The third-order valence-electron chi connectivity index (χ3n) is 4.12. The molecule has 21 heavy (non-hydrogen) atoms. The van der Waals surface area contributed by atoms with Crippen molar-refractivity contribution in [3.8, 4) is 5.75 Å². The van der Waals surface area contributed by atoms with Gasteiger partial charge in [-0.1, -0.05) is 19.3 Å². The lowest BCUT2D eigenvalue weighted by molar-refractivity contribution is 0.102. The van der Waals surface area contributed by atoms with Crippen molar-refractivity contribution in [2.24, 2.45) is 0 Å². The van der Waals surface area contributed by atoms with Crippen molar-refractivity contribution in [2.75, 3.05) is 12.4 Å². The highest BCUT2D eigenvalue weighted by molar-refractivity contribution is 8.00. The van der Waals surface area contributed by atoms with Gasteiger partial charge >= 0.3 is 0 Å². The monoisotopic (exact) mass is 306 g/mol. The van der Waals surface area contributed by atoms with Crippen molar-refractivity contribution < 1.29 is 9.53 Å². The quantitative estimate of drug-likeness (QED) is 0.696. The van der Waals surface area contributed by atoms with Crippen molar-refractivity contribution in [3.63, 3.8) is 0 Å². The van der Waals surface area contributed by atoms with Crippen LogP contribution in [0.2, 0.25) is 0 Å². The summed E-state index contributed by atoms with van der Waals surface area (Å²) in [6.45, 7) is 6.65. The Balaban J connectivity index is 1.99. The second-order valence-electron chi connectivity index (χ2n) is 5.86. The number of carbonyl (C=O) groups excluding carboxylic acids is 1. The molecule has 1 aliphatic rings. The summed E-state index contributed by atoms with van der Waals surface area (Å²) in [6, 6.07) is 3.99. The first-order valence-electron chi connectivity index (χ1n) is 8.00. The van der Waals surface area contributed by atoms with Crippen LogP contribution in [0.4, 0.5) is 0 Å². The summed E-state index contributed by atoms with van der Waals surface area (Å²) in [6.07, 6.45) is 6.57. The van der Waals surface area contributed by atoms with Gasteiger partial charge in [0.05, 0.1) is 12.4 Å². The first-order valence-corrected chi connectivity index (χ1v) is 9.05. The number of aryl methyl sites for hydroxylation is 2. The van der Waals surface area contributed by atoms with Crippen LogP contribution in [0.15, 0.2) is 12.1 Å². The van der Waals surface area contributed by atoms with Gasteiger partial charge in [-0.15, -0.1) is 0 Å². The summed E-state index contributed by atoms with van der Waals surface area (Å²) in [4.78, 5) is 12.5. The van der Waals surface area contributed by atoms with Crippen LogP contribution in [0, 0.1) is 13.8 Å². The summed E-state index contributed by atoms with van der Waals surface area (Å²) in [5.41, 5.74) is 2.94. The Morgan fingerprint density at radius 2 is 1.90 bits per heavy atom. The maximum absolute atomic E-state index is 12.5. The molecule has 1 aliphatic carbocycles. The normalized spacial score (nSPS) is 16.0. The van der Waals surface area contributed by atoms with Gasteiger partial charge in [0.25, 0.3) is 0 Å². The van der Waals surface area contributed by atoms with E-state index in [9.17, 15) is 4.79 Å². The lowest BCUT2D eigenvalue weighted by atomic mass is 10.0. The van der Waals surface area contributed by atoms with Crippen LogP contribution in [-0.2, 0) is 0 Å². The van der Waals surface area contributed by atoms with E-state index in [2.05, 4.69) is 0 Å². The molecule has 3 heteroatoms. The molecule has 0 amide bonds. The molecule has 0 atom stereocenters. The highest BCUT2D eigenvalue weighted by Gasteiger charge is 2.17. The summed E-state index contributed by atoms with van der Waals surface area (Å²) in [5.74, 6) is 1.76. The number of ether oxygens (including phenoxy) is 1. The maximum Gasteiger partial charge on any atom is 0.173 e. The number of rotatable bonds is 6. The van der Waals surface area contributed by atoms with E-state index in [4.69, 9.17) is 4.74 Å². The highest BCUT2D eigenvalue weighted by Crippen LogP contribution is 2.29. The van der Waals surface area contributed by atoms with E-state index in [0.717, 1.165) is 22.4 Å². The third-order valence-corrected chi connectivity index (χ3v) is 5.50. The SMILES string of the molecule is CCOc1cc(C)c(C(=O)CSC2CCCCC2)cc1C. The van der Waals surface area contributed by atoms with E-state index >= 15 is 0 Å². The van der Waals surface area contributed by atoms with Gasteiger partial charge in [0.2, 0.25) is 0 Å². The van der Waals surface area contributed by atoms with Crippen LogP contribution in [0.3, 0.4) is 0 Å². The molecule has 0 aliphatic heterocycles. The first-order chi connectivity index (χ1) is 10.1. The fourth-order valence-corrected chi connectivity index (χ4v) is 4.11. The molecule has 1 aromatic carbocycles. The number of hydrogen-bond donors (Lipinski definition) is 0. The Labute approximate surface area is 132 Å². The zero-order valence-corrected chi connectivity index (χ0v) is 14.2. The predicted octanol–water partition coefficient (Wildman–Crippen LogP) is 4.95. The highest BCUT2D eigenvalue weighted by atomic mass is 32.2. The molecule has 1 aromatic rings. The van der Waals surface area contributed by atoms with E-state index in [-0.39, 0.29) is 5.78 Å². The Morgan fingerprint density at radius 1 is 1.19 bits per heavy atom. The first kappa shape index (κ1) is 16.4. The van der Waals surface area contributed by atoms with Crippen LogP contribution >= 0.6 is 11.8 Å². The Hall–Kier alpha value is -0.960. The molecule has 116 valence electrons. The minimum atomic E-state index is 0.259. The van der Waals surface area contributed by atoms with Crippen LogP contribution in [0.5, 0.6) is 5.75 Å². The molecule has 0 unspecified atom stereocenters. The minimum Gasteiger partial charge on any atom is -0.494 e.